The maximum atomic E-state index is 6.04. The zero-order valence-corrected chi connectivity index (χ0v) is 56.5. The van der Waals surface area contributed by atoms with E-state index in [4.69, 9.17) is 43.2 Å². The van der Waals surface area contributed by atoms with Crippen LogP contribution in [0.25, 0.3) is 200 Å². The lowest BCUT2D eigenvalue weighted by molar-refractivity contribution is 0.668. The Balaban J connectivity index is 0.000000108. The molecule has 0 aliphatic rings. The van der Waals surface area contributed by atoms with Crippen molar-refractivity contribution in [3.63, 3.8) is 0 Å². The molecule has 0 saturated carbocycles. The fourth-order valence-corrected chi connectivity index (χ4v) is 14.3. The molecule has 15 aromatic carbocycles. The summed E-state index contributed by atoms with van der Waals surface area (Å²) in [6, 6.07) is 124. The maximum Gasteiger partial charge on any atom is 0.160 e. The van der Waals surface area contributed by atoms with Gasteiger partial charge in [0.2, 0.25) is 0 Å². The molecule has 6 aromatic heterocycles. The molecule has 9 nitrogen and oxygen atoms in total. The standard InChI is InChI=1S/3C32H20N2O/c1-3-10-21(11-4-1)30-31(22-12-5-2-6-13-22)34-32-24(15-9-16-27(32)33-30)23-18-19-29-26(20-23)25-14-7-8-17-28(25)35-29;1-3-9-21(10-4-1)31-32(22-11-5-2-6-12-22)34-28-20-24(15-17-27(28)33-31)23-16-18-30-26(19-23)25-13-7-8-14-29(25)35-30;1-3-9-21(10-4-1)31-27-20-23(15-17-28(27)33-32(34-31)22-11-5-2-6-12-22)24-16-18-30-26(19-24)25-13-7-8-14-29(25)35-30/h3*1-20H. The van der Waals surface area contributed by atoms with Gasteiger partial charge < -0.3 is 13.3 Å². The SMILES string of the molecule is c1ccc(-c2nc(-c3ccccc3)c3cc(-c4ccc5oc6ccccc6c5c4)ccc3n2)cc1.c1ccc(-c2nc3ccc(-c4ccc5oc6ccccc6c5c4)cc3nc2-c2ccccc2)cc1.c1ccc(-c2nc3cccc(-c4ccc5oc6ccccc6c5c4)c3nc2-c2ccccc2)cc1. The topological polar surface area (TPSA) is 117 Å². The summed E-state index contributed by atoms with van der Waals surface area (Å²) in [6.07, 6.45) is 0. The monoisotopic (exact) mass is 1340 g/mol. The number of benzene rings is 15. The lowest BCUT2D eigenvalue weighted by Crippen LogP contribution is -1.97. The summed E-state index contributed by atoms with van der Waals surface area (Å²) in [6.45, 7) is 0. The molecule has 21 rings (SSSR count). The van der Waals surface area contributed by atoms with E-state index in [1.165, 1.54) is 0 Å². The van der Waals surface area contributed by atoms with Crippen molar-refractivity contribution in [1.29, 1.82) is 0 Å². The number of aromatic nitrogens is 6. The van der Waals surface area contributed by atoms with E-state index in [-0.39, 0.29) is 0 Å². The van der Waals surface area contributed by atoms with Crippen LogP contribution in [0.4, 0.5) is 0 Å². The van der Waals surface area contributed by atoms with Crippen molar-refractivity contribution in [3.8, 4) is 101 Å². The zero-order valence-electron chi connectivity index (χ0n) is 56.5. The minimum absolute atomic E-state index is 0.732. The second-order valence-electron chi connectivity index (χ2n) is 26.0. The van der Waals surface area contributed by atoms with E-state index in [1.807, 2.05) is 176 Å². The number of rotatable bonds is 9. The smallest absolute Gasteiger partial charge is 0.160 e. The average Bonchev–Trinajstić information content (AvgIpc) is 1.46. The van der Waals surface area contributed by atoms with Gasteiger partial charge in [-0.05, 0) is 113 Å². The van der Waals surface area contributed by atoms with Gasteiger partial charge in [0.15, 0.2) is 5.82 Å². The van der Waals surface area contributed by atoms with Crippen LogP contribution in [0, 0.1) is 0 Å². The van der Waals surface area contributed by atoms with Gasteiger partial charge >= 0.3 is 0 Å². The van der Waals surface area contributed by atoms with Gasteiger partial charge in [0, 0.05) is 76.6 Å². The quantitative estimate of drug-likeness (QED) is 0.139. The Morgan fingerprint density at radius 1 is 0.162 bits per heavy atom. The van der Waals surface area contributed by atoms with Gasteiger partial charge in [-0.3, -0.25) is 0 Å². The summed E-state index contributed by atoms with van der Waals surface area (Å²) in [5.41, 5.74) is 27.2. The predicted octanol–water partition coefficient (Wildman–Crippen LogP) is 25.6. The molecule has 0 radical (unpaired) electrons. The Labute approximate surface area is 603 Å². The first-order valence-electron chi connectivity index (χ1n) is 35.0. The van der Waals surface area contributed by atoms with Gasteiger partial charge in [-0.15, -0.1) is 0 Å². The van der Waals surface area contributed by atoms with Crippen molar-refractivity contribution in [2.45, 2.75) is 0 Å². The van der Waals surface area contributed by atoms with E-state index >= 15 is 0 Å². The van der Waals surface area contributed by atoms with E-state index in [0.29, 0.717) is 0 Å². The highest BCUT2D eigenvalue weighted by atomic mass is 16.3. The molecule has 0 spiro atoms. The molecule has 6 heterocycles. The molecule has 0 amide bonds. The molecule has 21 aromatic rings. The first kappa shape index (κ1) is 61.8. The largest absolute Gasteiger partial charge is 0.456 e. The van der Waals surface area contributed by atoms with E-state index in [2.05, 4.69) is 188 Å². The lowest BCUT2D eigenvalue weighted by atomic mass is 9.98. The maximum absolute atomic E-state index is 6.04. The van der Waals surface area contributed by atoms with Crippen LogP contribution in [0.5, 0.6) is 0 Å². The van der Waals surface area contributed by atoms with Crippen LogP contribution in [0.2, 0.25) is 0 Å². The number of furan rings is 3. The van der Waals surface area contributed by atoms with Crippen LogP contribution < -0.4 is 0 Å². The van der Waals surface area contributed by atoms with Gasteiger partial charge in [0.05, 0.1) is 56.1 Å². The predicted molar refractivity (Wildman–Crippen MR) is 429 cm³/mol. The zero-order chi connectivity index (χ0) is 69.6. The minimum Gasteiger partial charge on any atom is -0.456 e. The molecule has 0 fully saturated rings. The van der Waals surface area contributed by atoms with E-state index in [1.54, 1.807) is 0 Å². The van der Waals surface area contributed by atoms with Crippen molar-refractivity contribution in [2.75, 3.05) is 0 Å². The third-order valence-electron chi connectivity index (χ3n) is 19.4. The third kappa shape index (κ3) is 11.8. The van der Waals surface area contributed by atoms with Crippen molar-refractivity contribution >= 4 is 98.8 Å². The van der Waals surface area contributed by atoms with Gasteiger partial charge in [-0.1, -0.05) is 279 Å². The molecule has 0 saturated heterocycles. The molecular formula is C96H60N6O3. The van der Waals surface area contributed by atoms with Gasteiger partial charge in [0.1, 0.15) is 33.5 Å². The Morgan fingerprint density at radius 2 is 0.495 bits per heavy atom. The van der Waals surface area contributed by atoms with Crippen LogP contribution in [0.1, 0.15) is 0 Å². The molecule has 105 heavy (non-hydrogen) atoms. The highest BCUT2D eigenvalue weighted by Crippen LogP contribution is 2.41. The number of fused-ring (bicyclic) bond motifs is 12. The molecule has 0 atom stereocenters. The number of nitrogens with zero attached hydrogens (tertiary/aromatic N) is 6. The van der Waals surface area contributed by atoms with Crippen LogP contribution in [-0.2, 0) is 0 Å². The highest BCUT2D eigenvalue weighted by Gasteiger charge is 2.20. The Kier molecular flexibility index (Phi) is 15.7. The minimum atomic E-state index is 0.732. The normalized spacial score (nSPS) is 11.4. The Hall–Kier alpha value is -14.3. The molecule has 0 bridgehead atoms. The second kappa shape index (κ2) is 26.7. The first-order valence-corrected chi connectivity index (χ1v) is 35.0. The summed E-state index contributed by atoms with van der Waals surface area (Å²) < 4.78 is 18.1. The van der Waals surface area contributed by atoms with Gasteiger partial charge in [0.25, 0.3) is 0 Å². The Morgan fingerprint density at radius 3 is 0.962 bits per heavy atom. The van der Waals surface area contributed by atoms with Crippen molar-refractivity contribution in [1.82, 2.24) is 29.9 Å². The van der Waals surface area contributed by atoms with Gasteiger partial charge in [-0.2, -0.15) is 0 Å². The fourth-order valence-electron chi connectivity index (χ4n) is 14.3. The summed E-state index contributed by atoms with van der Waals surface area (Å²) in [7, 11) is 0. The number of hydrogen-bond donors (Lipinski definition) is 0. The molecule has 9 heteroatoms. The molecular weight excluding hydrogens is 1290 g/mol. The molecule has 0 aliphatic carbocycles. The van der Waals surface area contributed by atoms with Crippen LogP contribution >= 0.6 is 0 Å². The second-order valence-corrected chi connectivity index (χ2v) is 26.0. The summed E-state index contributed by atoms with van der Waals surface area (Å²) >= 11 is 0. The van der Waals surface area contributed by atoms with Crippen LogP contribution in [0.3, 0.4) is 0 Å². The van der Waals surface area contributed by atoms with Crippen LogP contribution in [0.15, 0.2) is 377 Å². The number of hydrogen-bond acceptors (Lipinski definition) is 9. The van der Waals surface area contributed by atoms with E-state index in [9.17, 15) is 0 Å². The highest BCUT2D eigenvalue weighted by molar-refractivity contribution is 6.10. The summed E-state index contributed by atoms with van der Waals surface area (Å²) in [4.78, 5) is 30.5. The average molecular weight is 1350 g/mol. The third-order valence-corrected chi connectivity index (χ3v) is 19.4. The Bertz CT molecular complexity index is 6780. The molecule has 492 valence electrons. The summed E-state index contributed by atoms with van der Waals surface area (Å²) in [5.74, 6) is 0.732. The first-order chi connectivity index (χ1) is 52.0. The van der Waals surface area contributed by atoms with Crippen molar-refractivity contribution in [2.24, 2.45) is 0 Å². The lowest BCUT2D eigenvalue weighted by Gasteiger charge is -2.13. The fraction of sp³-hybridized carbons (Fsp3) is 0. The van der Waals surface area contributed by atoms with Crippen molar-refractivity contribution < 1.29 is 13.3 Å². The van der Waals surface area contributed by atoms with Crippen LogP contribution in [-0.4, -0.2) is 29.9 Å². The van der Waals surface area contributed by atoms with Gasteiger partial charge in [-0.25, -0.2) is 29.9 Å². The molecule has 0 unspecified atom stereocenters. The summed E-state index contributed by atoms with van der Waals surface area (Å²) in [5, 5.41) is 7.75. The molecule has 0 N–H and O–H groups in total. The van der Waals surface area contributed by atoms with Crippen molar-refractivity contribution in [3.05, 3.63) is 364 Å². The number of para-hydroxylation sites is 4. The molecule has 0 aliphatic heterocycles. The van der Waals surface area contributed by atoms with E-state index in [0.717, 1.165) is 200 Å². The van der Waals surface area contributed by atoms with E-state index < -0.39 is 0 Å².